The zero-order chi connectivity index (χ0) is 27.5. The molecule has 5 rings (SSSR count). The Hall–Kier alpha value is -4.86. The molecule has 0 fully saturated rings. The van der Waals surface area contributed by atoms with Crippen LogP contribution in [0.3, 0.4) is 0 Å². The molecule has 10 heteroatoms. The maximum absolute atomic E-state index is 13.8. The highest BCUT2D eigenvalue weighted by molar-refractivity contribution is 5.92. The highest BCUT2D eigenvalue weighted by Gasteiger charge is 2.22. The molecule has 0 unspecified atom stereocenters. The van der Waals surface area contributed by atoms with Gasteiger partial charge < -0.3 is 5.11 Å². The number of carbonyl (C=O) groups is 1. The maximum atomic E-state index is 13.8. The summed E-state index contributed by atoms with van der Waals surface area (Å²) in [6, 6.07) is 16.7. The first kappa shape index (κ1) is 25.8. The zero-order valence-electron chi connectivity index (χ0n) is 22.0. The minimum Gasteiger partial charge on any atom is -0.478 e. The Morgan fingerprint density at radius 3 is 2.49 bits per heavy atom. The fourth-order valence-electron chi connectivity index (χ4n) is 4.83. The summed E-state index contributed by atoms with van der Waals surface area (Å²) >= 11 is 0. The van der Waals surface area contributed by atoms with Crippen molar-refractivity contribution in [2.24, 2.45) is 0 Å². The average Bonchev–Trinajstić information content (AvgIpc) is 3.58. The number of aromatic carboxylic acids is 1. The standard InChI is InChI=1S/C29H29N7O3/c1-4-8-21-17-36(26-22(18(2)3)11-7-12-25(26)28(37)38)29(39)35(21)16-20-14-13-19(15-30-20)23-9-5-6-10-24(23)27-31-33-34-32-27/h5-7,9-15,17-18H,4,8,16H2,1-3H3,(H,37,38)(H,31,32,33,34). The van der Waals surface area contributed by atoms with Crippen LogP contribution in [0.1, 0.15) is 60.4 Å². The van der Waals surface area contributed by atoms with Gasteiger partial charge in [0, 0.05) is 29.2 Å². The molecule has 0 bridgehead atoms. The minimum absolute atomic E-state index is 0.0358. The zero-order valence-corrected chi connectivity index (χ0v) is 22.0. The van der Waals surface area contributed by atoms with E-state index in [9.17, 15) is 14.7 Å². The summed E-state index contributed by atoms with van der Waals surface area (Å²) in [5, 5.41) is 24.2. The van der Waals surface area contributed by atoms with E-state index in [0.29, 0.717) is 23.6 Å². The first-order valence-electron chi connectivity index (χ1n) is 12.8. The largest absolute Gasteiger partial charge is 0.478 e. The van der Waals surface area contributed by atoms with Crippen LogP contribution >= 0.6 is 0 Å². The van der Waals surface area contributed by atoms with E-state index in [0.717, 1.165) is 34.4 Å². The molecule has 39 heavy (non-hydrogen) atoms. The van der Waals surface area contributed by atoms with Gasteiger partial charge in [-0.2, -0.15) is 5.21 Å². The quantitative estimate of drug-likeness (QED) is 0.286. The Balaban J connectivity index is 1.53. The highest BCUT2D eigenvalue weighted by atomic mass is 16.4. The van der Waals surface area contributed by atoms with Gasteiger partial charge in [0.2, 0.25) is 5.82 Å². The molecule has 0 aliphatic heterocycles. The van der Waals surface area contributed by atoms with Crippen molar-refractivity contribution in [1.82, 2.24) is 34.7 Å². The Labute approximate surface area is 225 Å². The summed E-state index contributed by atoms with van der Waals surface area (Å²) in [5.74, 6) is -0.537. The number of H-pyrrole nitrogens is 1. The van der Waals surface area contributed by atoms with Crippen LogP contribution in [0.5, 0.6) is 0 Å². The summed E-state index contributed by atoms with van der Waals surface area (Å²) in [4.78, 5) is 30.5. The second-order valence-corrected chi connectivity index (χ2v) is 9.63. The number of aryl methyl sites for hydroxylation is 1. The second kappa shape index (κ2) is 10.9. The van der Waals surface area contributed by atoms with E-state index in [4.69, 9.17) is 0 Å². The van der Waals surface area contributed by atoms with Crippen LogP contribution in [-0.2, 0) is 13.0 Å². The van der Waals surface area contributed by atoms with E-state index in [1.807, 2.05) is 63.2 Å². The molecule has 3 heterocycles. The molecule has 198 valence electrons. The number of carboxylic acids is 1. The molecule has 0 aliphatic rings. The van der Waals surface area contributed by atoms with Crippen molar-refractivity contribution >= 4 is 5.97 Å². The third kappa shape index (κ3) is 5.00. The highest BCUT2D eigenvalue weighted by Crippen LogP contribution is 2.30. The van der Waals surface area contributed by atoms with Crippen LogP contribution in [0.2, 0.25) is 0 Å². The number of carboxylic acid groups (broad SMARTS) is 1. The van der Waals surface area contributed by atoms with Gasteiger partial charge in [-0.25, -0.2) is 9.59 Å². The smallest absolute Gasteiger partial charge is 0.337 e. The topological polar surface area (TPSA) is 132 Å². The summed E-state index contributed by atoms with van der Waals surface area (Å²) in [6.07, 6.45) is 5.05. The number of hydrogen-bond acceptors (Lipinski definition) is 6. The number of aromatic nitrogens is 7. The summed E-state index contributed by atoms with van der Waals surface area (Å²) < 4.78 is 3.17. The van der Waals surface area contributed by atoms with Crippen LogP contribution in [0, 0.1) is 0 Å². The lowest BCUT2D eigenvalue weighted by Gasteiger charge is -2.15. The van der Waals surface area contributed by atoms with Gasteiger partial charge in [-0.3, -0.25) is 14.1 Å². The number of benzene rings is 2. The molecule has 0 saturated carbocycles. The van der Waals surface area contributed by atoms with E-state index in [-0.39, 0.29) is 23.7 Å². The van der Waals surface area contributed by atoms with Crippen LogP contribution in [0.15, 0.2) is 71.8 Å². The lowest BCUT2D eigenvalue weighted by molar-refractivity contribution is 0.0696. The maximum Gasteiger partial charge on any atom is 0.337 e. The van der Waals surface area contributed by atoms with E-state index in [2.05, 4.69) is 25.6 Å². The van der Waals surface area contributed by atoms with Crippen molar-refractivity contribution < 1.29 is 9.90 Å². The number of nitrogens with zero attached hydrogens (tertiary/aromatic N) is 6. The van der Waals surface area contributed by atoms with Crippen LogP contribution in [0.25, 0.3) is 28.2 Å². The number of hydrogen-bond donors (Lipinski definition) is 2. The van der Waals surface area contributed by atoms with Gasteiger partial charge in [-0.05, 0) is 40.8 Å². The fourth-order valence-corrected chi connectivity index (χ4v) is 4.83. The number of aromatic amines is 1. The van der Waals surface area contributed by atoms with Crippen LogP contribution in [-0.4, -0.2) is 45.8 Å². The van der Waals surface area contributed by atoms with E-state index in [1.54, 1.807) is 29.1 Å². The van der Waals surface area contributed by atoms with Crippen molar-refractivity contribution in [2.75, 3.05) is 0 Å². The molecule has 0 saturated heterocycles. The molecule has 0 amide bonds. The van der Waals surface area contributed by atoms with Gasteiger partial charge in [-0.15, -0.1) is 10.2 Å². The Morgan fingerprint density at radius 1 is 1.05 bits per heavy atom. The molecule has 2 N–H and O–H groups in total. The Kier molecular flexibility index (Phi) is 7.18. The van der Waals surface area contributed by atoms with Gasteiger partial charge >= 0.3 is 11.7 Å². The normalized spacial score (nSPS) is 11.3. The first-order valence-corrected chi connectivity index (χ1v) is 12.8. The molecule has 2 aromatic carbocycles. The predicted molar refractivity (Wildman–Crippen MR) is 147 cm³/mol. The van der Waals surface area contributed by atoms with E-state index in [1.165, 1.54) is 4.57 Å². The van der Waals surface area contributed by atoms with Crippen molar-refractivity contribution in [3.8, 4) is 28.2 Å². The molecule has 10 nitrogen and oxygen atoms in total. The average molecular weight is 524 g/mol. The van der Waals surface area contributed by atoms with Crippen molar-refractivity contribution in [2.45, 2.75) is 46.1 Å². The molecule has 0 aliphatic carbocycles. The van der Waals surface area contributed by atoms with Crippen LogP contribution in [0.4, 0.5) is 0 Å². The molecular formula is C29H29N7O3. The fraction of sp³-hybridized carbons (Fsp3) is 0.241. The Bertz CT molecular complexity index is 1670. The summed E-state index contributed by atoms with van der Waals surface area (Å²) in [5.41, 5.74) is 5.21. The lowest BCUT2D eigenvalue weighted by Crippen LogP contribution is -2.27. The second-order valence-electron chi connectivity index (χ2n) is 9.63. The first-order chi connectivity index (χ1) is 18.9. The van der Waals surface area contributed by atoms with Gasteiger partial charge in [0.15, 0.2) is 0 Å². The molecule has 0 atom stereocenters. The van der Waals surface area contributed by atoms with E-state index < -0.39 is 5.97 Å². The minimum atomic E-state index is -1.07. The van der Waals surface area contributed by atoms with Gasteiger partial charge in [0.25, 0.3) is 0 Å². The number of imidazole rings is 1. The molecule has 0 radical (unpaired) electrons. The summed E-state index contributed by atoms with van der Waals surface area (Å²) in [6.45, 7) is 6.29. The van der Waals surface area contributed by atoms with Gasteiger partial charge in [0.1, 0.15) is 0 Å². The number of tetrazole rings is 1. The van der Waals surface area contributed by atoms with Crippen LogP contribution < -0.4 is 5.69 Å². The third-order valence-corrected chi connectivity index (χ3v) is 6.70. The molecule has 3 aromatic heterocycles. The Morgan fingerprint density at radius 2 is 1.85 bits per heavy atom. The molecule has 5 aromatic rings. The SMILES string of the molecule is CCCc1cn(-c2c(C(=O)O)cccc2C(C)C)c(=O)n1Cc1ccc(-c2ccccc2-c2nn[nH]n2)cn1. The molecular weight excluding hydrogens is 494 g/mol. The van der Waals surface area contributed by atoms with E-state index >= 15 is 0 Å². The monoisotopic (exact) mass is 523 g/mol. The van der Waals surface area contributed by atoms with Gasteiger partial charge in [0.05, 0.1) is 23.5 Å². The predicted octanol–water partition coefficient (Wildman–Crippen LogP) is 4.70. The number of para-hydroxylation sites is 1. The number of nitrogens with one attached hydrogen (secondary N) is 1. The van der Waals surface area contributed by atoms with Crippen molar-refractivity contribution in [3.05, 3.63) is 100.0 Å². The summed E-state index contributed by atoms with van der Waals surface area (Å²) in [7, 11) is 0. The third-order valence-electron chi connectivity index (χ3n) is 6.70. The van der Waals surface area contributed by atoms with Crippen molar-refractivity contribution in [1.29, 1.82) is 0 Å². The lowest BCUT2D eigenvalue weighted by atomic mass is 9.97. The van der Waals surface area contributed by atoms with Gasteiger partial charge in [-0.1, -0.05) is 69.7 Å². The number of rotatable bonds is 9. The number of pyridine rings is 1. The molecule has 0 spiro atoms. The van der Waals surface area contributed by atoms with Crippen molar-refractivity contribution in [3.63, 3.8) is 0 Å².